The summed E-state index contributed by atoms with van der Waals surface area (Å²) in [6, 6.07) is 13.5. The fourth-order valence-electron chi connectivity index (χ4n) is 3.24. The standard InChI is InChI=1S/C20H21N5O3/c1-27-20-21-10-9-18(22-20)28-15-8-5-11-25(13-15)19(26)17-12-16(23-24-17)14-6-3-2-4-7-14/h2-4,6-7,9-10,12,15H,5,8,11,13H2,1H3,(H,23,24). The molecule has 1 amide bonds. The maximum absolute atomic E-state index is 12.9. The zero-order valence-corrected chi connectivity index (χ0v) is 15.5. The Hall–Kier alpha value is -3.42. The van der Waals surface area contributed by atoms with E-state index < -0.39 is 0 Å². The molecule has 1 fully saturated rings. The lowest BCUT2D eigenvalue weighted by Crippen LogP contribution is -2.44. The van der Waals surface area contributed by atoms with Gasteiger partial charge in [0.05, 0.1) is 19.3 Å². The first kappa shape index (κ1) is 18.0. The van der Waals surface area contributed by atoms with E-state index in [4.69, 9.17) is 9.47 Å². The van der Waals surface area contributed by atoms with Crippen LogP contribution in [0.2, 0.25) is 0 Å². The number of aromatic nitrogens is 4. The van der Waals surface area contributed by atoms with E-state index in [-0.39, 0.29) is 18.0 Å². The third kappa shape index (κ3) is 3.95. The molecule has 3 heterocycles. The van der Waals surface area contributed by atoms with Crippen LogP contribution in [0.4, 0.5) is 0 Å². The highest BCUT2D eigenvalue weighted by molar-refractivity contribution is 5.93. The molecule has 28 heavy (non-hydrogen) atoms. The van der Waals surface area contributed by atoms with Crippen molar-refractivity contribution in [1.29, 1.82) is 0 Å². The summed E-state index contributed by atoms with van der Waals surface area (Å²) < 4.78 is 11.0. The Morgan fingerprint density at radius 2 is 2.11 bits per heavy atom. The molecule has 2 aromatic heterocycles. The van der Waals surface area contributed by atoms with Gasteiger partial charge in [0.15, 0.2) is 0 Å². The van der Waals surface area contributed by atoms with E-state index in [1.54, 1.807) is 23.2 Å². The minimum absolute atomic E-state index is 0.0803. The Labute approximate surface area is 162 Å². The molecule has 0 radical (unpaired) electrons. The number of methoxy groups -OCH3 is 1. The Balaban J connectivity index is 1.43. The molecular weight excluding hydrogens is 358 g/mol. The second kappa shape index (κ2) is 8.08. The van der Waals surface area contributed by atoms with Crippen molar-refractivity contribution in [2.45, 2.75) is 18.9 Å². The van der Waals surface area contributed by atoms with Crippen molar-refractivity contribution in [3.63, 3.8) is 0 Å². The maximum atomic E-state index is 12.9. The molecule has 8 nitrogen and oxygen atoms in total. The first-order chi connectivity index (χ1) is 13.7. The van der Waals surface area contributed by atoms with Gasteiger partial charge in [0.2, 0.25) is 5.88 Å². The number of likely N-dealkylation sites (tertiary alicyclic amines) is 1. The van der Waals surface area contributed by atoms with Crippen LogP contribution in [0.15, 0.2) is 48.7 Å². The van der Waals surface area contributed by atoms with Gasteiger partial charge in [-0.1, -0.05) is 30.3 Å². The highest BCUT2D eigenvalue weighted by atomic mass is 16.5. The highest BCUT2D eigenvalue weighted by Crippen LogP contribution is 2.21. The molecular formula is C20H21N5O3. The molecule has 1 atom stereocenters. The van der Waals surface area contributed by atoms with Gasteiger partial charge >= 0.3 is 6.01 Å². The van der Waals surface area contributed by atoms with Gasteiger partial charge in [0.1, 0.15) is 11.8 Å². The van der Waals surface area contributed by atoms with Gasteiger partial charge < -0.3 is 14.4 Å². The third-order valence-corrected chi connectivity index (χ3v) is 4.62. The van der Waals surface area contributed by atoms with Crippen molar-refractivity contribution < 1.29 is 14.3 Å². The smallest absolute Gasteiger partial charge is 0.319 e. The van der Waals surface area contributed by atoms with E-state index >= 15 is 0 Å². The average molecular weight is 379 g/mol. The van der Waals surface area contributed by atoms with E-state index in [9.17, 15) is 4.79 Å². The number of rotatable bonds is 5. The Morgan fingerprint density at radius 1 is 1.25 bits per heavy atom. The van der Waals surface area contributed by atoms with Gasteiger partial charge in [0, 0.05) is 24.4 Å². The number of ether oxygens (including phenoxy) is 2. The topological polar surface area (TPSA) is 93.2 Å². The second-order valence-electron chi connectivity index (χ2n) is 6.55. The van der Waals surface area contributed by atoms with Crippen LogP contribution < -0.4 is 9.47 Å². The fraction of sp³-hybridized carbons (Fsp3) is 0.300. The number of nitrogens with zero attached hydrogens (tertiary/aromatic N) is 4. The molecule has 1 unspecified atom stereocenters. The number of piperidine rings is 1. The minimum atomic E-state index is -0.131. The van der Waals surface area contributed by atoms with Crippen LogP contribution in [0.25, 0.3) is 11.3 Å². The van der Waals surface area contributed by atoms with Crippen molar-refractivity contribution in [2.75, 3.05) is 20.2 Å². The number of carbonyl (C=O) groups excluding carboxylic acids is 1. The van der Waals surface area contributed by atoms with Crippen molar-refractivity contribution in [3.8, 4) is 23.1 Å². The summed E-state index contributed by atoms with van der Waals surface area (Å²) in [5.74, 6) is 0.363. The highest BCUT2D eigenvalue weighted by Gasteiger charge is 2.27. The number of nitrogens with one attached hydrogen (secondary N) is 1. The first-order valence-electron chi connectivity index (χ1n) is 9.17. The fourth-order valence-corrected chi connectivity index (χ4v) is 3.24. The molecule has 0 aliphatic carbocycles. The lowest BCUT2D eigenvalue weighted by molar-refractivity contribution is 0.0520. The summed E-state index contributed by atoms with van der Waals surface area (Å²) in [5.41, 5.74) is 2.19. The van der Waals surface area contributed by atoms with E-state index in [1.165, 1.54) is 7.11 Å². The number of carbonyl (C=O) groups is 1. The van der Waals surface area contributed by atoms with E-state index in [0.717, 1.165) is 24.1 Å². The number of amides is 1. The third-order valence-electron chi connectivity index (χ3n) is 4.62. The van der Waals surface area contributed by atoms with Crippen LogP contribution in [0.5, 0.6) is 11.9 Å². The summed E-state index contributed by atoms with van der Waals surface area (Å²) in [6.07, 6.45) is 3.17. The van der Waals surface area contributed by atoms with Crippen molar-refractivity contribution in [2.24, 2.45) is 0 Å². The predicted molar refractivity (Wildman–Crippen MR) is 102 cm³/mol. The van der Waals surface area contributed by atoms with Crippen LogP contribution >= 0.6 is 0 Å². The Bertz CT molecular complexity index is 944. The molecule has 0 bridgehead atoms. The molecule has 1 aliphatic rings. The molecule has 8 heteroatoms. The van der Waals surface area contributed by atoms with E-state index in [0.29, 0.717) is 24.7 Å². The molecule has 0 saturated carbocycles. The molecule has 0 spiro atoms. The van der Waals surface area contributed by atoms with Gasteiger partial charge in [-0.05, 0) is 18.9 Å². The Kier molecular flexibility index (Phi) is 5.18. The molecule has 4 rings (SSSR count). The van der Waals surface area contributed by atoms with Crippen LogP contribution in [-0.4, -0.2) is 57.3 Å². The number of benzene rings is 1. The van der Waals surface area contributed by atoms with Crippen LogP contribution in [0.3, 0.4) is 0 Å². The summed E-state index contributed by atoms with van der Waals surface area (Å²) in [6.45, 7) is 1.18. The molecule has 144 valence electrons. The summed E-state index contributed by atoms with van der Waals surface area (Å²) in [7, 11) is 1.51. The first-order valence-corrected chi connectivity index (χ1v) is 9.17. The number of hydrogen-bond donors (Lipinski definition) is 1. The van der Waals surface area contributed by atoms with Gasteiger partial charge in [-0.25, -0.2) is 4.98 Å². The quantitative estimate of drug-likeness (QED) is 0.732. The van der Waals surface area contributed by atoms with Gasteiger partial charge in [-0.15, -0.1) is 0 Å². The van der Waals surface area contributed by atoms with Crippen LogP contribution in [0.1, 0.15) is 23.3 Å². The second-order valence-corrected chi connectivity index (χ2v) is 6.55. The largest absolute Gasteiger partial charge is 0.472 e. The van der Waals surface area contributed by atoms with E-state index in [1.807, 2.05) is 30.3 Å². The molecule has 1 aromatic carbocycles. The predicted octanol–water partition coefficient (Wildman–Crippen LogP) is 2.56. The monoisotopic (exact) mass is 379 g/mol. The number of aromatic amines is 1. The lowest BCUT2D eigenvalue weighted by atomic mass is 10.1. The van der Waals surface area contributed by atoms with Gasteiger partial charge in [-0.2, -0.15) is 10.1 Å². The van der Waals surface area contributed by atoms with Crippen molar-refractivity contribution in [1.82, 2.24) is 25.1 Å². The zero-order chi connectivity index (χ0) is 19.3. The zero-order valence-electron chi connectivity index (χ0n) is 15.5. The molecule has 1 N–H and O–H groups in total. The van der Waals surface area contributed by atoms with Gasteiger partial charge in [-0.3, -0.25) is 9.89 Å². The normalized spacial score (nSPS) is 16.6. The van der Waals surface area contributed by atoms with Crippen LogP contribution in [-0.2, 0) is 0 Å². The summed E-state index contributed by atoms with van der Waals surface area (Å²) >= 11 is 0. The number of H-pyrrole nitrogens is 1. The SMILES string of the molecule is COc1nccc(OC2CCCN(C(=O)c3cc(-c4ccccc4)n[nH]3)C2)n1. The molecule has 1 saturated heterocycles. The minimum Gasteiger partial charge on any atom is -0.472 e. The van der Waals surface area contributed by atoms with Gasteiger partial charge in [0.25, 0.3) is 5.91 Å². The Morgan fingerprint density at radius 3 is 2.93 bits per heavy atom. The molecule has 3 aromatic rings. The van der Waals surface area contributed by atoms with Crippen LogP contribution in [0, 0.1) is 0 Å². The van der Waals surface area contributed by atoms with Crippen molar-refractivity contribution >= 4 is 5.91 Å². The summed E-state index contributed by atoms with van der Waals surface area (Å²) in [5, 5.41) is 7.14. The van der Waals surface area contributed by atoms with E-state index in [2.05, 4.69) is 20.2 Å². The molecule has 1 aliphatic heterocycles. The van der Waals surface area contributed by atoms with Crippen molar-refractivity contribution in [3.05, 3.63) is 54.4 Å². The maximum Gasteiger partial charge on any atom is 0.319 e. The lowest BCUT2D eigenvalue weighted by Gasteiger charge is -2.32. The average Bonchev–Trinajstić information content (AvgIpc) is 3.24. The summed E-state index contributed by atoms with van der Waals surface area (Å²) in [4.78, 5) is 22.8. The number of hydrogen-bond acceptors (Lipinski definition) is 6.